The summed E-state index contributed by atoms with van der Waals surface area (Å²) in [5.74, 6) is -0.110. The van der Waals surface area contributed by atoms with Crippen LogP contribution in [0.15, 0.2) is 6.20 Å². The summed E-state index contributed by atoms with van der Waals surface area (Å²) in [5.41, 5.74) is 6.69. The number of nitrogens with zero attached hydrogens (tertiary/aromatic N) is 4. The molecule has 8 nitrogen and oxygen atoms in total. The molecule has 3 heterocycles. The molecular formula is C12H18N6O2. The van der Waals surface area contributed by atoms with E-state index in [1.54, 1.807) is 14.5 Å². The van der Waals surface area contributed by atoms with Gasteiger partial charge in [-0.3, -0.25) is 9.48 Å². The molecule has 0 spiro atoms. The summed E-state index contributed by atoms with van der Waals surface area (Å²) in [5, 5.41) is 6.89. The molecule has 108 valence electrons. The second-order valence-corrected chi connectivity index (χ2v) is 5.05. The normalized spacial score (nSPS) is 21.9. The van der Waals surface area contributed by atoms with Crippen molar-refractivity contribution in [3.05, 3.63) is 11.9 Å². The third-order valence-corrected chi connectivity index (χ3v) is 3.89. The van der Waals surface area contributed by atoms with Crippen molar-refractivity contribution in [3.63, 3.8) is 0 Å². The number of nitrogens with two attached hydrogens (primary N) is 1. The van der Waals surface area contributed by atoms with Gasteiger partial charge in [0.15, 0.2) is 0 Å². The number of nitrogens with one attached hydrogen (secondary N) is 1. The SMILES string of the molecule is CCn1ncc(N)c1C(=O)N1CCN2C(=O)NCC2C1. The summed E-state index contributed by atoms with van der Waals surface area (Å²) in [6.07, 6.45) is 1.51. The van der Waals surface area contributed by atoms with Crippen LogP contribution >= 0.6 is 0 Å². The minimum Gasteiger partial charge on any atom is -0.396 e. The van der Waals surface area contributed by atoms with Gasteiger partial charge in [-0.25, -0.2) is 4.79 Å². The van der Waals surface area contributed by atoms with Crippen LogP contribution in [-0.2, 0) is 6.54 Å². The summed E-state index contributed by atoms with van der Waals surface area (Å²) < 4.78 is 1.61. The number of carbonyl (C=O) groups is 2. The lowest BCUT2D eigenvalue weighted by molar-refractivity contribution is 0.0606. The second-order valence-electron chi connectivity index (χ2n) is 5.05. The highest BCUT2D eigenvalue weighted by atomic mass is 16.2. The number of piperazine rings is 1. The first-order valence-electron chi connectivity index (χ1n) is 6.76. The van der Waals surface area contributed by atoms with E-state index in [4.69, 9.17) is 5.73 Å². The Morgan fingerprint density at radius 2 is 2.35 bits per heavy atom. The molecule has 1 aromatic heterocycles. The first-order valence-corrected chi connectivity index (χ1v) is 6.76. The maximum absolute atomic E-state index is 12.6. The molecule has 8 heteroatoms. The molecule has 0 aliphatic carbocycles. The molecular weight excluding hydrogens is 260 g/mol. The highest BCUT2D eigenvalue weighted by Gasteiger charge is 2.37. The van der Waals surface area contributed by atoms with Crippen molar-refractivity contribution in [2.24, 2.45) is 0 Å². The predicted molar refractivity (Wildman–Crippen MR) is 72.1 cm³/mol. The zero-order valence-corrected chi connectivity index (χ0v) is 11.4. The second kappa shape index (κ2) is 4.69. The van der Waals surface area contributed by atoms with Gasteiger partial charge in [0.25, 0.3) is 5.91 Å². The van der Waals surface area contributed by atoms with Gasteiger partial charge in [-0.2, -0.15) is 5.10 Å². The fraction of sp³-hybridized carbons (Fsp3) is 0.583. The van der Waals surface area contributed by atoms with E-state index < -0.39 is 0 Å². The number of hydrogen-bond acceptors (Lipinski definition) is 4. The zero-order valence-electron chi connectivity index (χ0n) is 11.4. The zero-order chi connectivity index (χ0) is 14.3. The van der Waals surface area contributed by atoms with Gasteiger partial charge in [-0.15, -0.1) is 0 Å². The Balaban J connectivity index is 1.78. The topological polar surface area (TPSA) is 96.5 Å². The number of anilines is 1. The van der Waals surface area contributed by atoms with E-state index in [1.165, 1.54) is 6.20 Å². The molecule has 3 N–H and O–H groups in total. The Bertz CT molecular complexity index is 554. The molecule has 2 aliphatic heterocycles. The van der Waals surface area contributed by atoms with Gasteiger partial charge in [-0.1, -0.05) is 0 Å². The first-order chi connectivity index (χ1) is 9.61. The number of aromatic nitrogens is 2. The van der Waals surface area contributed by atoms with E-state index in [0.717, 1.165) is 0 Å². The summed E-state index contributed by atoms with van der Waals surface area (Å²) in [4.78, 5) is 27.7. The number of fused-ring (bicyclic) bond motifs is 1. The Morgan fingerprint density at radius 1 is 1.55 bits per heavy atom. The summed E-state index contributed by atoms with van der Waals surface area (Å²) >= 11 is 0. The largest absolute Gasteiger partial charge is 0.396 e. The van der Waals surface area contributed by atoms with Gasteiger partial charge in [0.05, 0.1) is 17.9 Å². The average Bonchev–Trinajstić information content (AvgIpc) is 3.01. The van der Waals surface area contributed by atoms with Crippen molar-refractivity contribution >= 4 is 17.6 Å². The molecule has 0 radical (unpaired) electrons. The average molecular weight is 278 g/mol. The lowest BCUT2D eigenvalue weighted by Crippen LogP contribution is -2.54. The molecule has 1 aromatic rings. The monoisotopic (exact) mass is 278 g/mol. The van der Waals surface area contributed by atoms with Crippen LogP contribution in [0.4, 0.5) is 10.5 Å². The Labute approximate surface area is 116 Å². The Morgan fingerprint density at radius 3 is 3.10 bits per heavy atom. The number of nitrogen functional groups attached to an aromatic ring is 1. The lowest BCUT2D eigenvalue weighted by Gasteiger charge is -2.36. The van der Waals surface area contributed by atoms with Gasteiger partial charge in [0.2, 0.25) is 0 Å². The van der Waals surface area contributed by atoms with Crippen LogP contribution in [-0.4, -0.2) is 63.7 Å². The molecule has 2 saturated heterocycles. The molecule has 2 aliphatic rings. The van der Waals surface area contributed by atoms with Gasteiger partial charge >= 0.3 is 6.03 Å². The van der Waals surface area contributed by atoms with Crippen molar-refractivity contribution in [1.82, 2.24) is 24.9 Å². The van der Waals surface area contributed by atoms with Crippen LogP contribution in [0, 0.1) is 0 Å². The van der Waals surface area contributed by atoms with Crippen molar-refractivity contribution < 1.29 is 9.59 Å². The summed E-state index contributed by atoms with van der Waals surface area (Å²) in [6.45, 7) is 4.72. The van der Waals surface area contributed by atoms with Crippen LogP contribution < -0.4 is 11.1 Å². The molecule has 0 saturated carbocycles. The van der Waals surface area contributed by atoms with Crippen LogP contribution in [0.5, 0.6) is 0 Å². The van der Waals surface area contributed by atoms with Gasteiger partial charge in [0, 0.05) is 32.7 Å². The van der Waals surface area contributed by atoms with Gasteiger partial charge < -0.3 is 20.9 Å². The third-order valence-electron chi connectivity index (χ3n) is 3.89. The highest BCUT2D eigenvalue weighted by molar-refractivity contribution is 5.97. The Kier molecular flexibility index (Phi) is 3.00. The molecule has 1 unspecified atom stereocenters. The van der Waals surface area contributed by atoms with Gasteiger partial charge in [0.1, 0.15) is 5.69 Å². The van der Waals surface area contributed by atoms with E-state index in [9.17, 15) is 9.59 Å². The van der Waals surface area contributed by atoms with Crippen molar-refractivity contribution in [3.8, 4) is 0 Å². The van der Waals surface area contributed by atoms with Crippen molar-refractivity contribution in [2.75, 3.05) is 31.9 Å². The molecule has 0 bridgehead atoms. The van der Waals surface area contributed by atoms with E-state index in [1.807, 2.05) is 6.92 Å². The number of aryl methyl sites for hydroxylation is 1. The number of urea groups is 1. The minimum atomic E-state index is -0.110. The fourth-order valence-corrected chi connectivity index (χ4v) is 2.81. The standard InChI is InChI=1S/C12H18N6O2/c1-2-18-10(9(13)6-15-18)11(19)16-3-4-17-8(7-16)5-14-12(17)20/h6,8H,2-5,7,13H2,1H3,(H,14,20). The molecule has 20 heavy (non-hydrogen) atoms. The number of rotatable bonds is 2. The van der Waals surface area contributed by atoms with E-state index in [-0.39, 0.29) is 18.0 Å². The molecule has 1 atom stereocenters. The summed E-state index contributed by atoms with van der Waals surface area (Å²) in [7, 11) is 0. The maximum Gasteiger partial charge on any atom is 0.317 e. The van der Waals surface area contributed by atoms with E-state index in [0.29, 0.717) is 44.1 Å². The van der Waals surface area contributed by atoms with Crippen LogP contribution in [0.25, 0.3) is 0 Å². The summed E-state index contributed by atoms with van der Waals surface area (Å²) in [6, 6.07) is 0.0136. The van der Waals surface area contributed by atoms with Crippen LogP contribution in [0.3, 0.4) is 0 Å². The fourth-order valence-electron chi connectivity index (χ4n) is 2.81. The molecule has 3 rings (SSSR count). The number of amides is 3. The lowest BCUT2D eigenvalue weighted by atomic mass is 10.2. The van der Waals surface area contributed by atoms with Crippen molar-refractivity contribution in [1.29, 1.82) is 0 Å². The molecule has 2 fully saturated rings. The number of carbonyl (C=O) groups excluding carboxylic acids is 2. The van der Waals surface area contributed by atoms with Crippen LogP contribution in [0.2, 0.25) is 0 Å². The first kappa shape index (κ1) is 12.8. The Hall–Kier alpha value is -2.25. The quantitative estimate of drug-likeness (QED) is 0.750. The van der Waals surface area contributed by atoms with Crippen molar-refractivity contribution in [2.45, 2.75) is 19.5 Å². The minimum absolute atomic E-state index is 0.0415. The van der Waals surface area contributed by atoms with E-state index >= 15 is 0 Å². The highest BCUT2D eigenvalue weighted by Crippen LogP contribution is 2.19. The maximum atomic E-state index is 12.6. The molecule has 0 aromatic carbocycles. The van der Waals surface area contributed by atoms with Gasteiger partial charge in [-0.05, 0) is 6.92 Å². The molecule has 3 amide bonds. The third kappa shape index (κ3) is 1.87. The van der Waals surface area contributed by atoms with Crippen LogP contribution in [0.1, 0.15) is 17.4 Å². The van der Waals surface area contributed by atoms with E-state index in [2.05, 4.69) is 10.4 Å². The predicted octanol–water partition coefficient (Wildman–Crippen LogP) is -0.665. The number of hydrogen-bond donors (Lipinski definition) is 2. The smallest absolute Gasteiger partial charge is 0.317 e.